The van der Waals surface area contributed by atoms with Crippen molar-refractivity contribution in [1.82, 2.24) is 14.9 Å². The number of hydrogen-bond donors (Lipinski definition) is 2. The van der Waals surface area contributed by atoms with E-state index in [4.69, 9.17) is 4.74 Å². The predicted octanol–water partition coefficient (Wildman–Crippen LogP) is 4.00. The lowest BCUT2D eigenvalue weighted by Gasteiger charge is -2.33. The van der Waals surface area contributed by atoms with Gasteiger partial charge in [0.25, 0.3) is 0 Å². The molecule has 1 aromatic heterocycles. The van der Waals surface area contributed by atoms with Gasteiger partial charge in [0.15, 0.2) is 0 Å². The summed E-state index contributed by atoms with van der Waals surface area (Å²) in [5, 5.41) is 11.7. The van der Waals surface area contributed by atoms with Gasteiger partial charge in [-0.2, -0.15) is 0 Å². The van der Waals surface area contributed by atoms with Gasteiger partial charge >= 0.3 is 0 Å². The van der Waals surface area contributed by atoms with Gasteiger partial charge in [-0.15, -0.1) is 10.2 Å². The van der Waals surface area contributed by atoms with Crippen molar-refractivity contribution in [3.8, 4) is 5.75 Å². The normalized spacial score (nSPS) is 17.7. The second kappa shape index (κ2) is 8.39. The zero-order chi connectivity index (χ0) is 21.3. The fourth-order valence-corrected chi connectivity index (χ4v) is 4.56. The lowest BCUT2D eigenvalue weighted by Crippen LogP contribution is -2.41. The van der Waals surface area contributed by atoms with Crippen LogP contribution in [0.5, 0.6) is 5.75 Å². The molecule has 2 N–H and O–H groups in total. The van der Waals surface area contributed by atoms with Crippen molar-refractivity contribution < 1.29 is 9.53 Å². The molecule has 2 heterocycles. The van der Waals surface area contributed by atoms with Crippen LogP contribution in [-0.2, 0) is 4.79 Å². The number of benzene rings is 2. The highest BCUT2D eigenvalue weighted by Crippen LogP contribution is 2.38. The van der Waals surface area contributed by atoms with E-state index in [1.807, 2.05) is 74.8 Å². The number of ether oxygens (including phenoxy) is 1. The Balaban J connectivity index is 1.65. The number of carbonyl (C=O) groups excluding carboxylic acids is 1. The van der Waals surface area contributed by atoms with Crippen LogP contribution in [0.15, 0.2) is 47.6 Å². The van der Waals surface area contributed by atoms with Gasteiger partial charge < -0.3 is 15.5 Å². The van der Waals surface area contributed by atoms with Gasteiger partial charge in [-0.3, -0.25) is 4.79 Å². The van der Waals surface area contributed by atoms with Crippen LogP contribution in [0.1, 0.15) is 35.5 Å². The quantitative estimate of drug-likeness (QED) is 0.646. The molecule has 156 valence electrons. The second-order valence-corrected chi connectivity index (χ2v) is 8.36. The third kappa shape index (κ3) is 3.87. The lowest BCUT2D eigenvalue weighted by molar-refractivity contribution is -0.116. The molecular weight excluding hydrogens is 398 g/mol. The molecule has 4 rings (SSSR count). The molecule has 0 bridgehead atoms. The summed E-state index contributed by atoms with van der Waals surface area (Å²) < 4.78 is 7.40. The highest BCUT2D eigenvalue weighted by molar-refractivity contribution is 8.00. The monoisotopic (exact) mass is 423 g/mol. The number of nitrogens with one attached hydrogen (secondary N) is 2. The van der Waals surface area contributed by atoms with Crippen LogP contribution in [-0.4, -0.2) is 32.6 Å². The van der Waals surface area contributed by atoms with E-state index in [0.29, 0.717) is 11.8 Å². The fourth-order valence-electron chi connectivity index (χ4n) is 3.44. The van der Waals surface area contributed by atoms with E-state index in [-0.39, 0.29) is 11.9 Å². The van der Waals surface area contributed by atoms with Crippen molar-refractivity contribution in [3.05, 3.63) is 65.0 Å². The number of anilines is 1. The Hall–Kier alpha value is -3.00. The Morgan fingerprint density at radius 3 is 2.67 bits per heavy atom. The van der Waals surface area contributed by atoms with E-state index in [2.05, 4.69) is 20.9 Å². The molecule has 0 saturated heterocycles. The maximum absolute atomic E-state index is 13.3. The summed E-state index contributed by atoms with van der Waals surface area (Å²) in [7, 11) is 0. The van der Waals surface area contributed by atoms with Crippen LogP contribution >= 0.6 is 11.8 Å². The number of aromatic nitrogens is 3. The van der Waals surface area contributed by atoms with Crippen molar-refractivity contribution >= 4 is 23.4 Å². The SMILES string of the molecule is CCOc1ccc([C@H]2Nn3c(C)nnc3S[C@@H]2C(=O)Nc2cccc(C)c2C)cc1. The van der Waals surface area contributed by atoms with Gasteiger partial charge in [0.2, 0.25) is 11.1 Å². The van der Waals surface area contributed by atoms with E-state index in [1.165, 1.54) is 11.8 Å². The maximum Gasteiger partial charge on any atom is 0.240 e. The van der Waals surface area contributed by atoms with Gasteiger partial charge in [0, 0.05) is 5.69 Å². The van der Waals surface area contributed by atoms with Crippen LogP contribution in [0.3, 0.4) is 0 Å². The molecule has 0 spiro atoms. The number of fused-ring (bicyclic) bond motifs is 1. The zero-order valence-electron chi connectivity index (χ0n) is 17.5. The number of thioether (sulfide) groups is 1. The van der Waals surface area contributed by atoms with E-state index in [1.54, 1.807) is 0 Å². The molecule has 30 heavy (non-hydrogen) atoms. The van der Waals surface area contributed by atoms with E-state index >= 15 is 0 Å². The first-order chi connectivity index (χ1) is 14.5. The van der Waals surface area contributed by atoms with Gasteiger partial charge in [-0.25, -0.2) is 4.68 Å². The molecule has 3 aromatic rings. The molecular formula is C22H25N5O2S. The van der Waals surface area contributed by atoms with Gasteiger partial charge in [-0.1, -0.05) is 36.0 Å². The lowest BCUT2D eigenvalue weighted by atomic mass is 10.0. The van der Waals surface area contributed by atoms with Crippen molar-refractivity contribution in [1.29, 1.82) is 0 Å². The minimum absolute atomic E-state index is 0.0769. The molecule has 2 atom stereocenters. The van der Waals surface area contributed by atoms with E-state index in [0.717, 1.165) is 34.0 Å². The average Bonchev–Trinajstić information content (AvgIpc) is 3.11. The van der Waals surface area contributed by atoms with Crippen LogP contribution in [0, 0.1) is 20.8 Å². The first-order valence-electron chi connectivity index (χ1n) is 9.93. The van der Waals surface area contributed by atoms with Crippen LogP contribution in [0.25, 0.3) is 0 Å². The Morgan fingerprint density at radius 1 is 1.17 bits per heavy atom. The number of hydrogen-bond acceptors (Lipinski definition) is 6. The molecule has 1 aliphatic heterocycles. The second-order valence-electron chi connectivity index (χ2n) is 7.25. The van der Waals surface area contributed by atoms with Crippen LogP contribution in [0.4, 0.5) is 5.69 Å². The highest BCUT2D eigenvalue weighted by atomic mass is 32.2. The molecule has 0 radical (unpaired) electrons. The fraction of sp³-hybridized carbons (Fsp3) is 0.318. The largest absolute Gasteiger partial charge is 0.494 e. The summed E-state index contributed by atoms with van der Waals surface area (Å²) in [6, 6.07) is 13.5. The van der Waals surface area contributed by atoms with E-state index < -0.39 is 5.25 Å². The highest BCUT2D eigenvalue weighted by Gasteiger charge is 2.37. The molecule has 0 unspecified atom stereocenters. The summed E-state index contributed by atoms with van der Waals surface area (Å²) in [5.41, 5.74) is 7.45. The van der Waals surface area contributed by atoms with Gasteiger partial charge in [0.05, 0.1) is 12.6 Å². The van der Waals surface area contributed by atoms with Crippen LogP contribution in [0.2, 0.25) is 0 Å². The number of rotatable bonds is 5. The Morgan fingerprint density at radius 2 is 1.93 bits per heavy atom. The number of aryl methyl sites for hydroxylation is 2. The zero-order valence-corrected chi connectivity index (χ0v) is 18.3. The summed E-state index contributed by atoms with van der Waals surface area (Å²) >= 11 is 1.42. The summed E-state index contributed by atoms with van der Waals surface area (Å²) in [5.74, 6) is 1.48. The average molecular weight is 424 g/mol. The molecule has 2 aromatic carbocycles. The topological polar surface area (TPSA) is 81.1 Å². The molecule has 0 fully saturated rings. The first kappa shape index (κ1) is 20.3. The maximum atomic E-state index is 13.3. The molecule has 0 aliphatic carbocycles. The smallest absolute Gasteiger partial charge is 0.240 e. The predicted molar refractivity (Wildman–Crippen MR) is 119 cm³/mol. The van der Waals surface area contributed by atoms with Crippen molar-refractivity contribution in [2.75, 3.05) is 17.3 Å². The summed E-state index contributed by atoms with van der Waals surface area (Å²) in [6.07, 6.45) is 0. The number of amides is 1. The minimum atomic E-state index is -0.418. The third-order valence-corrected chi connectivity index (χ3v) is 6.48. The first-order valence-corrected chi connectivity index (χ1v) is 10.8. The Bertz CT molecular complexity index is 1060. The molecule has 7 nitrogen and oxygen atoms in total. The molecule has 1 aliphatic rings. The van der Waals surface area contributed by atoms with Gasteiger partial charge in [-0.05, 0) is 62.6 Å². The summed E-state index contributed by atoms with van der Waals surface area (Å²) in [6.45, 7) is 8.51. The molecule has 8 heteroatoms. The summed E-state index contributed by atoms with van der Waals surface area (Å²) in [4.78, 5) is 13.3. The number of nitrogens with zero attached hydrogens (tertiary/aromatic N) is 3. The Labute approximate surface area is 180 Å². The van der Waals surface area contributed by atoms with Crippen LogP contribution < -0.4 is 15.5 Å². The third-order valence-electron chi connectivity index (χ3n) is 5.27. The Kier molecular flexibility index (Phi) is 5.67. The van der Waals surface area contributed by atoms with Gasteiger partial charge in [0.1, 0.15) is 16.8 Å². The minimum Gasteiger partial charge on any atom is -0.494 e. The number of carbonyl (C=O) groups is 1. The molecule has 0 saturated carbocycles. The molecule has 1 amide bonds. The van der Waals surface area contributed by atoms with Crippen molar-refractivity contribution in [2.24, 2.45) is 0 Å². The van der Waals surface area contributed by atoms with E-state index in [9.17, 15) is 4.79 Å². The van der Waals surface area contributed by atoms with Crippen molar-refractivity contribution in [2.45, 2.75) is 44.1 Å². The van der Waals surface area contributed by atoms with Crippen molar-refractivity contribution in [3.63, 3.8) is 0 Å². The standard InChI is InChI=1S/C22H25N5O2S/c1-5-29-17-11-9-16(10-12-17)19-20(30-22-25-24-15(4)27(22)26-19)21(28)23-18-8-6-7-13(2)14(18)3/h6-12,19-20,26H,5H2,1-4H3,(H,23,28)/t19-,20+/m1/s1.